The first-order valence-corrected chi connectivity index (χ1v) is 7.65. The van der Waals surface area contributed by atoms with Crippen molar-refractivity contribution in [3.63, 3.8) is 0 Å². The third kappa shape index (κ3) is 4.21. The Bertz CT molecular complexity index is 420. The maximum absolute atomic E-state index is 11.7. The smallest absolute Gasteiger partial charge is 0.251 e. The van der Waals surface area contributed by atoms with E-state index < -0.39 is 10.8 Å². The Morgan fingerprint density at radius 1 is 1.50 bits per heavy atom. The molecule has 0 heterocycles. The first-order chi connectivity index (χ1) is 7.50. The van der Waals surface area contributed by atoms with E-state index in [1.54, 1.807) is 12.3 Å². The minimum absolute atomic E-state index is 0.108. The lowest BCUT2D eigenvalue weighted by Gasteiger charge is -2.05. The summed E-state index contributed by atoms with van der Waals surface area (Å²) in [6.45, 7) is 2.45. The Kier molecular flexibility index (Phi) is 5.40. The molecule has 0 bridgehead atoms. The zero-order chi connectivity index (χ0) is 12.1. The molecule has 16 heavy (non-hydrogen) atoms. The Hall–Kier alpha value is -0.430. The minimum atomic E-state index is -0.863. The van der Waals surface area contributed by atoms with Crippen molar-refractivity contribution in [2.24, 2.45) is 0 Å². The van der Waals surface area contributed by atoms with Gasteiger partial charge in [0.25, 0.3) is 5.91 Å². The lowest BCUT2D eigenvalue weighted by atomic mass is 10.1. The van der Waals surface area contributed by atoms with Gasteiger partial charge in [0.1, 0.15) is 0 Å². The molecule has 0 radical (unpaired) electrons. The van der Waals surface area contributed by atoms with E-state index in [1.807, 2.05) is 19.1 Å². The summed E-state index contributed by atoms with van der Waals surface area (Å²) in [6.07, 6.45) is 1.63. The van der Waals surface area contributed by atoms with Crippen molar-refractivity contribution in [1.29, 1.82) is 0 Å². The molecule has 1 N–H and O–H groups in total. The van der Waals surface area contributed by atoms with Crippen LogP contribution in [0.3, 0.4) is 0 Å². The van der Waals surface area contributed by atoms with E-state index in [4.69, 9.17) is 0 Å². The molecule has 0 saturated heterocycles. The normalized spacial score (nSPS) is 12.2. The standard InChI is InChI=1S/C11H14INO2S/c1-8-3-4-9(7-10(8)12)11(14)13-5-6-16(2)15/h3-4,7H,5-6H2,1-2H3,(H,13,14). The third-order valence-corrected chi connectivity index (χ3v) is 4.05. The lowest BCUT2D eigenvalue weighted by Crippen LogP contribution is -2.27. The second-order valence-corrected chi connectivity index (χ2v) is 6.21. The van der Waals surface area contributed by atoms with Gasteiger partial charge < -0.3 is 5.32 Å². The molecule has 1 amide bonds. The van der Waals surface area contributed by atoms with Crippen LogP contribution >= 0.6 is 22.6 Å². The number of carbonyl (C=O) groups is 1. The van der Waals surface area contributed by atoms with Gasteiger partial charge in [-0.05, 0) is 47.2 Å². The van der Waals surface area contributed by atoms with Crippen LogP contribution in [0, 0.1) is 10.5 Å². The Morgan fingerprint density at radius 3 is 2.75 bits per heavy atom. The van der Waals surface area contributed by atoms with E-state index in [-0.39, 0.29) is 5.91 Å². The molecule has 1 aromatic rings. The maximum atomic E-state index is 11.7. The van der Waals surface area contributed by atoms with Crippen molar-refractivity contribution in [2.45, 2.75) is 6.92 Å². The molecule has 1 rings (SSSR count). The van der Waals surface area contributed by atoms with Gasteiger partial charge in [0.15, 0.2) is 0 Å². The molecule has 3 nitrogen and oxygen atoms in total. The summed E-state index contributed by atoms with van der Waals surface area (Å²) >= 11 is 2.20. The molecule has 1 unspecified atom stereocenters. The largest absolute Gasteiger partial charge is 0.351 e. The van der Waals surface area contributed by atoms with Gasteiger partial charge in [-0.1, -0.05) is 6.07 Å². The van der Waals surface area contributed by atoms with Gasteiger partial charge in [-0.3, -0.25) is 9.00 Å². The van der Waals surface area contributed by atoms with Gasteiger partial charge in [0.05, 0.1) is 0 Å². The van der Waals surface area contributed by atoms with Gasteiger partial charge in [-0.2, -0.15) is 0 Å². The van der Waals surface area contributed by atoms with E-state index >= 15 is 0 Å². The number of hydrogen-bond donors (Lipinski definition) is 1. The molecule has 5 heteroatoms. The van der Waals surface area contributed by atoms with Crippen molar-refractivity contribution in [3.8, 4) is 0 Å². The van der Waals surface area contributed by atoms with Crippen molar-refractivity contribution >= 4 is 39.3 Å². The molecule has 0 fully saturated rings. The molecule has 1 aromatic carbocycles. The number of amides is 1. The SMILES string of the molecule is Cc1ccc(C(=O)NCCS(C)=O)cc1I. The summed E-state index contributed by atoms with van der Waals surface area (Å²) in [5.41, 5.74) is 1.81. The number of benzene rings is 1. The average Bonchev–Trinajstić information content (AvgIpc) is 2.21. The summed E-state index contributed by atoms with van der Waals surface area (Å²) in [4.78, 5) is 11.7. The van der Waals surface area contributed by atoms with Gasteiger partial charge in [0.2, 0.25) is 0 Å². The van der Waals surface area contributed by atoms with Crippen LogP contribution in [0.2, 0.25) is 0 Å². The molecule has 88 valence electrons. The molecule has 0 saturated carbocycles. The maximum Gasteiger partial charge on any atom is 0.251 e. The number of hydrogen-bond acceptors (Lipinski definition) is 2. The molecular weight excluding hydrogens is 337 g/mol. The van der Waals surface area contributed by atoms with Crippen molar-refractivity contribution in [1.82, 2.24) is 5.32 Å². The van der Waals surface area contributed by atoms with Gasteiger partial charge in [0, 0.05) is 38.5 Å². The molecule has 0 aliphatic heterocycles. The van der Waals surface area contributed by atoms with Crippen LogP contribution in [0.5, 0.6) is 0 Å². The fourth-order valence-electron chi connectivity index (χ4n) is 1.14. The van der Waals surface area contributed by atoms with Gasteiger partial charge in [-0.15, -0.1) is 0 Å². The summed E-state index contributed by atoms with van der Waals surface area (Å²) in [5, 5.41) is 2.74. The quantitative estimate of drug-likeness (QED) is 0.840. The van der Waals surface area contributed by atoms with Crippen molar-refractivity contribution < 1.29 is 9.00 Å². The fraction of sp³-hybridized carbons (Fsp3) is 0.364. The van der Waals surface area contributed by atoms with Crippen molar-refractivity contribution in [2.75, 3.05) is 18.6 Å². The first kappa shape index (κ1) is 13.6. The average molecular weight is 351 g/mol. The summed E-state index contributed by atoms with van der Waals surface area (Å²) in [6, 6.07) is 5.58. The molecule has 0 aromatic heterocycles. The zero-order valence-corrected chi connectivity index (χ0v) is 12.2. The van der Waals surface area contributed by atoms with Crippen LogP contribution in [0.15, 0.2) is 18.2 Å². The Balaban J connectivity index is 2.59. The highest BCUT2D eigenvalue weighted by Crippen LogP contribution is 2.13. The second kappa shape index (κ2) is 6.34. The number of rotatable bonds is 4. The van der Waals surface area contributed by atoms with Crippen molar-refractivity contribution in [3.05, 3.63) is 32.9 Å². The molecular formula is C11H14INO2S. The number of nitrogens with one attached hydrogen (secondary N) is 1. The third-order valence-electron chi connectivity index (χ3n) is 2.11. The van der Waals surface area contributed by atoms with E-state index in [1.165, 1.54) is 0 Å². The van der Waals surface area contributed by atoms with Crippen LogP contribution in [-0.4, -0.2) is 28.7 Å². The highest BCUT2D eigenvalue weighted by molar-refractivity contribution is 14.1. The van der Waals surface area contributed by atoms with E-state index in [0.717, 1.165) is 9.13 Å². The van der Waals surface area contributed by atoms with E-state index in [2.05, 4.69) is 27.9 Å². The number of aryl methyl sites for hydroxylation is 1. The molecule has 0 aliphatic rings. The summed E-state index contributed by atoms with van der Waals surface area (Å²) < 4.78 is 11.9. The van der Waals surface area contributed by atoms with E-state index in [9.17, 15) is 9.00 Å². The van der Waals surface area contributed by atoms with Gasteiger partial charge in [-0.25, -0.2) is 0 Å². The van der Waals surface area contributed by atoms with Gasteiger partial charge >= 0.3 is 0 Å². The van der Waals surface area contributed by atoms with Crippen LogP contribution in [0.4, 0.5) is 0 Å². The van der Waals surface area contributed by atoms with E-state index in [0.29, 0.717) is 17.9 Å². The Morgan fingerprint density at radius 2 is 2.19 bits per heavy atom. The van der Waals surface area contributed by atoms with Crippen LogP contribution in [0.1, 0.15) is 15.9 Å². The predicted octanol–water partition coefficient (Wildman–Crippen LogP) is 1.71. The molecule has 0 aliphatic carbocycles. The number of halogens is 1. The number of carbonyl (C=O) groups excluding carboxylic acids is 1. The fourth-order valence-corrected chi connectivity index (χ4v) is 2.05. The van der Waals surface area contributed by atoms with Crippen LogP contribution < -0.4 is 5.32 Å². The highest BCUT2D eigenvalue weighted by atomic mass is 127. The van der Waals surface area contributed by atoms with Crippen LogP contribution in [0.25, 0.3) is 0 Å². The minimum Gasteiger partial charge on any atom is -0.351 e. The summed E-state index contributed by atoms with van der Waals surface area (Å²) in [7, 11) is -0.863. The molecule has 0 spiro atoms. The predicted molar refractivity (Wildman–Crippen MR) is 75.2 cm³/mol. The lowest BCUT2D eigenvalue weighted by molar-refractivity contribution is 0.0956. The Labute approximate surface area is 112 Å². The highest BCUT2D eigenvalue weighted by Gasteiger charge is 2.06. The zero-order valence-electron chi connectivity index (χ0n) is 9.25. The topological polar surface area (TPSA) is 46.2 Å². The summed E-state index contributed by atoms with van der Waals surface area (Å²) in [5.74, 6) is 0.387. The monoisotopic (exact) mass is 351 g/mol. The van der Waals surface area contributed by atoms with Crippen LogP contribution in [-0.2, 0) is 10.8 Å². The first-order valence-electron chi connectivity index (χ1n) is 4.85. The molecule has 1 atom stereocenters. The second-order valence-electron chi connectivity index (χ2n) is 3.50.